The fourth-order valence-corrected chi connectivity index (χ4v) is 6.31. The first-order valence-electron chi connectivity index (χ1n) is 12.0. The molecule has 186 valence electrons. The fraction of sp³-hybridized carbons (Fsp3) is 0.200. The van der Waals surface area contributed by atoms with Crippen molar-refractivity contribution in [1.29, 1.82) is 0 Å². The molecule has 2 aliphatic rings. The molecule has 4 nitrogen and oxygen atoms in total. The second-order valence-electron chi connectivity index (χ2n) is 9.57. The van der Waals surface area contributed by atoms with Crippen LogP contribution in [0.4, 0.5) is 8.78 Å². The Bertz CT molecular complexity index is 1570. The Morgan fingerprint density at radius 3 is 2.61 bits per heavy atom. The van der Waals surface area contributed by atoms with Gasteiger partial charge in [-0.25, -0.2) is 13.8 Å². The molecule has 0 spiro atoms. The third kappa shape index (κ3) is 5.25. The van der Waals surface area contributed by atoms with E-state index in [0.717, 1.165) is 40.1 Å². The number of carboxylic acids is 1. The molecule has 1 saturated carbocycles. The van der Waals surface area contributed by atoms with E-state index in [1.807, 2.05) is 42.5 Å². The number of pyridine rings is 1. The number of aromatic nitrogens is 1. The van der Waals surface area contributed by atoms with Crippen LogP contribution in [0.2, 0.25) is 0 Å². The molecule has 1 aliphatic carbocycles. The first kappa shape index (κ1) is 26.9. The summed E-state index contributed by atoms with van der Waals surface area (Å²) in [5.41, 5.74) is 4.35. The number of carbonyl (C=O) groups is 1. The van der Waals surface area contributed by atoms with Gasteiger partial charge in [-0.15, -0.1) is 11.8 Å². The number of aliphatic carboxylic acids is 1. The zero-order valence-corrected chi connectivity index (χ0v) is 23.6. The van der Waals surface area contributed by atoms with Crippen molar-refractivity contribution in [2.45, 2.75) is 24.7 Å². The Hall–Kier alpha value is -2.71. The van der Waals surface area contributed by atoms with Gasteiger partial charge in [0.15, 0.2) is 11.6 Å². The Morgan fingerprint density at radius 2 is 1.82 bits per heavy atom. The average molecular weight is 538 g/mol. The van der Waals surface area contributed by atoms with E-state index in [1.165, 1.54) is 0 Å². The molecule has 6 rings (SSSR count). The van der Waals surface area contributed by atoms with Crippen molar-refractivity contribution in [2.24, 2.45) is 5.41 Å². The molecule has 0 amide bonds. The summed E-state index contributed by atoms with van der Waals surface area (Å²) in [6.07, 6.45) is 5.04. The molecular formula is C30H22F2NNaO3S. The molecule has 0 saturated heterocycles. The molecule has 1 unspecified atom stereocenters. The number of hydrogen-bond acceptors (Lipinski definition) is 5. The van der Waals surface area contributed by atoms with E-state index < -0.39 is 23.0 Å². The molecular weight excluding hydrogens is 515 g/mol. The molecule has 4 aromatic rings. The van der Waals surface area contributed by atoms with Gasteiger partial charge < -0.3 is 14.6 Å². The van der Waals surface area contributed by atoms with Crippen LogP contribution in [-0.2, 0) is 11.4 Å². The first-order valence-corrected chi connectivity index (χ1v) is 13.1. The van der Waals surface area contributed by atoms with Crippen LogP contribution in [0.15, 0.2) is 66.7 Å². The number of halogens is 2. The van der Waals surface area contributed by atoms with Crippen LogP contribution < -0.4 is 39.4 Å². The fourth-order valence-electron chi connectivity index (χ4n) is 4.64. The normalized spacial score (nSPS) is 17.2. The molecule has 3 aromatic carbocycles. The largest absolute Gasteiger partial charge is 1.00 e. The third-order valence-electron chi connectivity index (χ3n) is 7.05. The predicted octanol–water partition coefficient (Wildman–Crippen LogP) is 2.93. The first-order chi connectivity index (χ1) is 17.9. The Morgan fingerprint density at radius 1 is 1.03 bits per heavy atom. The van der Waals surface area contributed by atoms with Crippen LogP contribution in [0, 0.1) is 17.0 Å². The van der Waals surface area contributed by atoms with Crippen molar-refractivity contribution in [3.05, 3.63) is 106 Å². The number of carboxylic acid groups (broad SMARTS) is 1. The Balaban J connectivity index is 0.00000294. The summed E-state index contributed by atoms with van der Waals surface area (Å²) < 4.78 is 33.3. The SMILES string of the molecule is O=C([O-])C1(CSC2c3ccccc3COc3ccc(C=Cc4ccc5cc(F)c(F)cc5n4)cc32)CC1.[Na+]. The maximum atomic E-state index is 13.7. The number of nitrogens with zero attached hydrogens (tertiary/aromatic N) is 1. The summed E-state index contributed by atoms with van der Waals surface area (Å²) in [6, 6.07) is 19.7. The van der Waals surface area contributed by atoms with Gasteiger partial charge in [-0.3, -0.25) is 0 Å². The van der Waals surface area contributed by atoms with Gasteiger partial charge in [0.1, 0.15) is 12.4 Å². The van der Waals surface area contributed by atoms with E-state index >= 15 is 0 Å². The van der Waals surface area contributed by atoms with E-state index in [9.17, 15) is 18.7 Å². The number of fused-ring (bicyclic) bond motifs is 3. The molecule has 0 radical (unpaired) electrons. The number of hydrogen-bond donors (Lipinski definition) is 0. The second kappa shape index (κ2) is 10.8. The Labute approximate surface area is 245 Å². The summed E-state index contributed by atoms with van der Waals surface area (Å²) in [4.78, 5) is 16.1. The van der Waals surface area contributed by atoms with Gasteiger partial charge in [0, 0.05) is 34.2 Å². The van der Waals surface area contributed by atoms with Crippen LogP contribution >= 0.6 is 11.8 Å². The van der Waals surface area contributed by atoms with Crippen LogP contribution in [-0.4, -0.2) is 16.7 Å². The monoisotopic (exact) mass is 537 g/mol. The number of rotatable bonds is 6. The molecule has 1 fully saturated rings. The van der Waals surface area contributed by atoms with Crippen molar-refractivity contribution in [3.63, 3.8) is 0 Å². The minimum absolute atomic E-state index is 0. The van der Waals surface area contributed by atoms with Gasteiger partial charge in [0.25, 0.3) is 0 Å². The van der Waals surface area contributed by atoms with E-state index in [4.69, 9.17) is 4.74 Å². The van der Waals surface area contributed by atoms with Gasteiger partial charge in [-0.2, -0.15) is 0 Å². The topological polar surface area (TPSA) is 62.2 Å². The minimum Gasteiger partial charge on any atom is -0.550 e. The standard InChI is InChI=1S/C30H23F2NO3S.Na/c31-24-14-19-7-9-21(33-26(19)15-25(24)32)8-5-18-6-10-27-23(13-18)28(37-17-30(11-12-30)29(34)35)22-4-2-1-3-20(22)16-36-27;/h1-10,13-15,28H,11-12,16-17H2,(H,34,35);/q;+1/p-1. The number of carbonyl (C=O) groups excluding carboxylic acids is 1. The molecule has 38 heavy (non-hydrogen) atoms. The van der Waals surface area contributed by atoms with E-state index in [0.29, 0.717) is 41.8 Å². The van der Waals surface area contributed by atoms with Crippen molar-refractivity contribution >= 4 is 40.8 Å². The molecule has 1 aromatic heterocycles. The van der Waals surface area contributed by atoms with Gasteiger partial charge in [0.2, 0.25) is 0 Å². The molecule has 1 aliphatic heterocycles. The zero-order valence-electron chi connectivity index (χ0n) is 20.7. The van der Waals surface area contributed by atoms with Crippen molar-refractivity contribution in [1.82, 2.24) is 4.98 Å². The van der Waals surface area contributed by atoms with E-state index in [2.05, 4.69) is 17.1 Å². The van der Waals surface area contributed by atoms with Crippen molar-refractivity contribution in [2.75, 3.05) is 5.75 Å². The molecule has 1 atom stereocenters. The van der Waals surface area contributed by atoms with Gasteiger partial charge in [-0.1, -0.05) is 42.5 Å². The van der Waals surface area contributed by atoms with Gasteiger partial charge in [-0.05, 0) is 59.9 Å². The van der Waals surface area contributed by atoms with Crippen LogP contribution in [0.25, 0.3) is 23.1 Å². The smallest absolute Gasteiger partial charge is 0.550 e. The summed E-state index contributed by atoms with van der Waals surface area (Å²) >= 11 is 1.62. The van der Waals surface area contributed by atoms with Crippen LogP contribution in [0.5, 0.6) is 5.75 Å². The molecule has 0 N–H and O–H groups in total. The average Bonchev–Trinajstić information content (AvgIpc) is 3.71. The maximum Gasteiger partial charge on any atom is 1.00 e. The predicted molar refractivity (Wildman–Crippen MR) is 139 cm³/mol. The van der Waals surface area contributed by atoms with Crippen molar-refractivity contribution in [3.8, 4) is 5.75 Å². The Kier molecular flexibility index (Phi) is 7.65. The quantitative estimate of drug-likeness (QED) is 0.354. The number of benzene rings is 3. The van der Waals surface area contributed by atoms with Crippen LogP contribution in [0.1, 0.15) is 46.0 Å². The van der Waals surface area contributed by atoms with Gasteiger partial charge in [0.05, 0.1) is 16.5 Å². The van der Waals surface area contributed by atoms with E-state index in [-0.39, 0.29) is 34.8 Å². The summed E-state index contributed by atoms with van der Waals surface area (Å²) in [5, 5.41) is 12.1. The number of ether oxygens (including phenoxy) is 1. The molecule has 8 heteroatoms. The molecule has 2 heterocycles. The van der Waals surface area contributed by atoms with Crippen LogP contribution in [0.3, 0.4) is 0 Å². The zero-order chi connectivity index (χ0) is 25.6. The molecule has 0 bridgehead atoms. The summed E-state index contributed by atoms with van der Waals surface area (Å²) in [5.74, 6) is -1.55. The second-order valence-corrected chi connectivity index (χ2v) is 10.7. The third-order valence-corrected chi connectivity index (χ3v) is 8.61. The summed E-state index contributed by atoms with van der Waals surface area (Å²) in [7, 11) is 0. The van der Waals surface area contributed by atoms with Gasteiger partial charge >= 0.3 is 29.6 Å². The minimum atomic E-state index is -0.972. The van der Waals surface area contributed by atoms with Crippen molar-refractivity contribution < 1.29 is 53.0 Å². The van der Waals surface area contributed by atoms with E-state index in [1.54, 1.807) is 23.9 Å². The summed E-state index contributed by atoms with van der Waals surface area (Å²) in [6.45, 7) is 0.444. The number of thioether (sulfide) groups is 1. The maximum absolute atomic E-state index is 13.7.